The number of carbonyl (C=O) groups is 1. The number of halogens is 1. The van der Waals surface area contributed by atoms with E-state index in [4.69, 9.17) is 9.84 Å². The molecule has 0 saturated carbocycles. The predicted molar refractivity (Wildman–Crippen MR) is 104 cm³/mol. The van der Waals surface area contributed by atoms with Gasteiger partial charge >= 0.3 is 6.03 Å². The first-order chi connectivity index (χ1) is 13.8. The van der Waals surface area contributed by atoms with Crippen LogP contribution in [0.2, 0.25) is 0 Å². The number of urea groups is 1. The molecule has 0 radical (unpaired) electrons. The molecule has 3 aromatic rings. The number of pyridine rings is 1. The number of ether oxygens (including phenoxy) is 1. The quantitative estimate of drug-likeness (QED) is 0.410. The lowest BCUT2D eigenvalue weighted by Crippen LogP contribution is -2.43. The van der Waals surface area contributed by atoms with Crippen molar-refractivity contribution < 1.29 is 24.1 Å². The number of anilines is 1. The Kier molecular flexibility index (Phi) is 5.95. The average Bonchev–Trinajstić information content (AvgIpc) is 3.06. The largest absolute Gasteiger partial charge is 0.474 e. The van der Waals surface area contributed by atoms with Crippen molar-refractivity contribution in [3.8, 4) is 5.88 Å². The van der Waals surface area contributed by atoms with Crippen LogP contribution in [0.25, 0.3) is 10.9 Å². The summed E-state index contributed by atoms with van der Waals surface area (Å²) in [5.41, 5.74) is -0.160. The van der Waals surface area contributed by atoms with E-state index >= 15 is 0 Å². The number of aromatic nitrogens is 3. The van der Waals surface area contributed by atoms with Gasteiger partial charge in [0.05, 0.1) is 29.2 Å². The molecule has 0 unspecified atom stereocenters. The number of H-pyrrole nitrogens is 1. The SMILES string of the molecule is CC(C)(O)[C@@H](NC(=O)Nc1cc2[nH]nc(OCCO)c2cn1)c1ccc(F)cc1. The fourth-order valence-electron chi connectivity index (χ4n) is 2.82. The van der Waals surface area contributed by atoms with Gasteiger partial charge in [0.25, 0.3) is 0 Å². The number of fused-ring (bicyclic) bond motifs is 1. The molecule has 2 heterocycles. The number of rotatable bonds is 7. The summed E-state index contributed by atoms with van der Waals surface area (Å²) in [5.74, 6) is 0.143. The highest BCUT2D eigenvalue weighted by atomic mass is 19.1. The van der Waals surface area contributed by atoms with E-state index < -0.39 is 23.5 Å². The van der Waals surface area contributed by atoms with E-state index in [0.717, 1.165) is 0 Å². The molecule has 154 valence electrons. The van der Waals surface area contributed by atoms with Crippen LogP contribution in [0.5, 0.6) is 5.88 Å². The van der Waals surface area contributed by atoms with E-state index in [1.54, 1.807) is 19.9 Å². The van der Waals surface area contributed by atoms with Crippen molar-refractivity contribution in [3.05, 3.63) is 47.9 Å². The first-order valence-electron chi connectivity index (χ1n) is 8.91. The summed E-state index contributed by atoms with van der Waals surface area (Å²) in [7, 11) is 0. The van der Waals surface area contributed by atoms with Crippen LogP contribution in [0, 0.1) is 5.82 Å². The van der Waals surface area contributed by atoms with Crippen LogP contribution in [0.15, 0.2) is 36.5 Å². The fraction of sp³-hybridized carbons (Fsp3) is 0.316. The minimum absolute atomic E-state index is 0.101. The van der Waals surface area contributed by atoms with Gasteiger partial charge in [0.1, 0.15) is 18.2 Å². The summed E-state index contributed by atoms with van der Waals surface area (Å²) in [4.78, 5) is 16.6. The lowest BCUT2D eigenvalue weighted by atomic mass is 9.92. The van der Waals surface area contributed by atoms with Gasteiger partial charge in [-0.2, -0.15) is 0 Å². The maximum absolute atomic E-state index is 13.2. The van der Waals surface area contributed by atoms with E-state index in [9.17, 15) is 14.3 Å². The minimum Gasteiger partial charge on any atom is -0.474 e. The van der Waals surface area contributed by atoms with Gasteiger partial charge in [0.15, 0.2) is 0 Å². The molecule has 2 aromatic heterocycles. The fourth-order valence-corrected chi connectivity index (χ4v) is 2.82. The monoisotopic (exact) mass is 403 g/mol. The van der Waals surface area contributed by atoms with Crippen molar-refractivity contribution in [2.24, 2.45) is 0 Å². The normalized spacial score (nSPS) is 12.6. The maximum atomic E-state index is 13.2. The molecule has 1 aromatic carbocycles. The molecule has 0 fully saturated rings. The number of hydrogen-bond acceptors (Lipinski definition) is 6. The Labute approximate surface area is 165 Å². The molecular formula is C19H22FN5O4. The van der Waals surface area contributed by atoms with Crippen LogP contribution in [-0.2, 0) is 0 Å². The molecule has 2 amide bonds. The summed E-state index contributed by atoms with van der Waals surface area (Å²) in [6, 6.07) is 5.73. The zero-order chi connectivity index (χ0) is 21.0. The standard InChI is InChI=1S/C19H22FN5O4/c1-19(2,28)16(11-3-5-12(20)6-4-11)23-18(27)22-15-9-14-13(10-21-15)17(25-24-14)29-8-7-26/h3-6,9-10,16,26,28H,7-8H2,1-2H3,(H,24,25)(H2,21,22,23,27)/t16-/m0/s1. The summed E-state index contributed by atoms with van der Waals surface area (Å²) in [6.07, 6.45) is 1.48. The van der Waals surface area contributed by atoms with Crippen LogP contribution >= 0.6 is 0 Å². The minimum atomic E-state index is -1.30. The molecule has 1 atom stereocenters. The highest BCUT2D eigenvalue weighted by Crippen LogP contribution is 2.26. The highest BCUT2D eigenvalue weighted by Gasteiger charge is 2.30. The Hall–Kier alpha value is -3.24. The second-order valence-electron chi connectivity index (χ2n) is 6.95. The average molecular weight is 403 g/mol. The van der Waals surface area contributed by atoms with Gasteiger partial charge in [0, 0.05) is 12.3 Å². The topological polar surface area (TPSA) is 132 Å². The number of amides is 2. The maximum Gasteiger partial charge on any atom is 0.320 e. The third-order valence-corrected chi connectivity index (χ3v) is 4.17. The Morgan fingerprint density at radius 3 is 2.72 bits per heavy atom. The summed E-state index contributed by atoms with van der Waals surface area (Å²) >= 11 is 0. The Bertz CT molecular complexity index is 984. The zero-order valence-corrected chi connectivity index (χ0v) is 15.9. The van der Waals surface area contributed by atoms with Crippen LogP contribution < -0.4 is 15.4 Å². The van der Waals surface area contributed by atoms with Crippen molar-refractivity contribution >= 4 is 22.8 Å². The van der Waals surface area contributed by atoms with Crippen molar-refractivity contribution in [1.29, 1.82) is 0 Å². The molecule has 29 heavy (non-hydrogen) atoms. The van der Waals surface area contributed by atoms with Crippen LogP contribution in [0.4, 0.5) is 15.0 Å². The molecule has 10 heteroatoms. The van der Waals surface area contributed by atoms with Crippen LogP contribution in [-0.4, -0.2) is 50.2 Å². The molecule has 3 rings (SSSR count). The molecule has 0 bridgehead atoms. The van der Waals surface area contributed by atoms with Crippen molar-refractivity contribution in [3.63, 3.8) is 0 Å². The third kappa shape index (κ3) is 4.98. The number of nitrogens with zero attached hydrogens (tertiary/aromatic N) is 2. The molecule has 0 aliphatic heterocycles. The Balaban J connectivity index is 1.73. The molecule has 9 nitrogen and oxygen atoms in total. The summed E-state index contributed by atoms with van der Waals surface area (Å²) in [5, 5.41) is 31.9. The lowest BCUT2D eigenvalue weighted by molar-refractivity contribution is 0.0415. The van der Waals surface area contributed by atoms with Gasteiger partial charge < -0.3 is 20.3 Å². The van der Waals surface area contributed by atoms with Crippen LogP contribution in [0.1, 0.15) is 25.5 Å². The second kappa shape index (κ2) is 8.41. The number of aromatic amines is 1. The van der Waals surface area contributed by atoms with E-state index in [0.29, 0.717) is 22.3 Å². The number of hydrogen-bond donors (Lipinski definition) is 5. The molecule has 0 saturated heterocycles. The zero-order valence-electron chi connectivity index (χ0n) is 15.9. The van der Waals surface area contributed by atoms with Gasteiger partial charge in [-0.1, -0.05) is 12.1 Å². The number of nitrogens with one attached hydrogen (secondary N) is 3. The lowest BCUT2D eigenvalue weighted by Gasteiger charge is -2.30. The number of aliphatic hydroxyl groups is 2. The second-order valence-corrected chi connectivity index (χ2v) is 6.95. The van der Waals surface area contributed by atoms with Gasteiger partial charge in [-0.3, -0.25) is 10.4 Å². The molecule has 0 aliphatic carbocycles. The molecule has 0 spiro atoms. The summed E-state index contributed by atoms with van der Waals surface area (Å²) < 4.78 is 18.5. The number of carbonyl (C=O) groups excluding carboxylic acids is 1. The molecule has 5 N–H and O–H groups in total. The molecule has 0 aliphatic rings. The number of aliphatic hydroxyl groups excluding tert-OH is 1. The Morgan fingerprint density at radius 2 is 2.07 bits per heavy atom. The van der Waals surface area contributed by atoms with E-state index in [2.05, 4.69) is 25.8 Å². The van der Waals surface area contributed by atoms with Crippen molar-refractivity contribution in [1.82, 2.24) is 20.5 Å². The number of benzene rings is 1. The first-order valence-corrected chi connectivity index (χ1v) is 8.91. The van der Waals surface area contributed by atoms with E-state index in [1.165, 1.54) is 30.5 Å². The van der Waals surface area contributed by atoms with Crippen molar-refractivity contribution in [2.45, 2.75) is 25.5 Å². The first kappa shape index (κ1) is 20.5. The summed E-state index contributed by atoms with van der Waals surface area (Å²) in [6.45, 7) is 3.05. The highest BCUT2D eigenvalue weighted by molar-refractivity contribution is 5.92. The third-order valence-electron chi connectivity index (χ3n) is 4.17. The van der Waals surface area contributed by atoms with Crippen molar-refractivity contribution in [2.75, 3.05) is 18.5 Å². The smallest absolute Gasteiger partial charge is 0.320 e. The van der Waals surface area contributed by atoms with Gasteiger partial charge in [-0.25, -0.2) is 14.2 Å². The van der Waals surface area contributed by atoms with Crippen LogP contribution in [0.3, 0.4) is 0 Å². The predicted octanol–water partition coefficient (Wildman–Crippen LogP) is 2.10. The van der Waals surface area contributed by atoms with Gasteiger partial charge in [-0.05, 0) is 31.5 Å². The van der Waals surface area contributed by atoms with Gasteiger partial charge in [-0.15, -0.1) is 5.10 Å². The van der Waals surface area contributed by atoms with E-state index in [1.807, 2.05) is 0 Å². The van der Waals surface area contributed by atoms with Gasteiger partial charge in [0.2, 0.25) is 5.88 Å². The molecular weight excluding hydrogens is 381 g/mol. The van der Waals surface area contributed by atoms with E-state index in [-0.39, 0.29) is 19.0 Å². The Morgan fingerprint density at radius 1 is 1.34 bits per heavy atom.